The van der Waals surface area contributed by atoms with Crippen LogP contribution < -0.4 is 11.3 Å². The Morgan fingerprint density at radius 2 is 2.33 bits per heavy atom. The van der Waals surface area contributed by atoms with Gasteiger partial charge in [-0.3, -0.25) is 4.79 Å². The van der Waals surface area contributed by atoms with Crippen LogP contribution in [-0.2, 0) is 0 Å². The number of halogens is 1. The second kappa shape index (κ2) is 6.56. The minimum Gasteiger partial charge on any atom is -0.341 e. The average molecular weight is 271 g/mol. The summed E-state index contributed by atoms with van der Waals surface area (Å²) in [6, 6.07) is 1.57. The minimum absolute atomic E-state index is 0.0896. The average Bonchev–Trinajstić information content (AvgIpc) is 2.37. The van der Waals surface area contributed by atoms with E-state index >= 15 is 0 Å². The van der Waals surface area contributed by atoms with Gasteiger partial charge in [-0.1, -0.05) is 31.9 Å². The maximum atomic E-state index is 12.1. The van der Waals surface area contributed by atoms with Gasteiger partial charge in [0, 0.05) is 19.8 Å². The number of pyridine rings is 1. The number of hydrogen-bond acceptors (Lipinski definition) is 4. The molecule has 1 aromatic rings. The van der Waals surface area contributed by atoms with Gasteiger partial charge in [0.25, 0.3) is 5.91 Å². The number of aromatic nitrogens is 1. The van der Waals surface area contributed by atoms with Crippen molar-refractivity contribution < 1.29 is 4.79 Å². The first kappa shape index (κ1) is 14.7. The molecule has 5 nitrogen and oxygen atoms in total. The molecule has 1 aromatic heterocycles. The van der Waals surface area contributed by atoms with E-state index in [1.807, 2.05) is 0 Å². The number of hydrogen-bond donors (Lipinski definition) is 2. The predicted octanol–water partition coefficient (Wildman–Crippen LogP) is 2.14. The van der Waals surface area contributed by atoms with E-state index in [1.165, 1.54) is 6.20 Å². The molecule has 1 heterocycles. The lowest BCUT2D eigenvalue weighted by atomic mass is 10.1. The highest BCUT2D eigenvalue weighted by atomic mass is 35.5. The van der Waals surface area contributed by atoms with Gasteiger partial charge in [0.15, 0.2) is 5.82 Å². The summed E-state index contributed by atoms with van der Waals surface area (Å²) in [4.78, 5) is 17.8. The molecule has 1 unspecified atom stereocenters. The molecule has 0 saturated heterocycles. The van der Waals surface area contributed by atoms with Crippen molar-refractivity contribution in [3.8, 4) is 0 Å². The maximum Gasteiger partial charge on any atom is 0.255 e. The quantitative estimate of drug-likeness (QED) is 0.635. The molecule has 6 heteroatoms. The number of anilines is 1. The van der Waals surface area contributed by atoms with Crippen molar-refractivity contribution >= 4 is 23.3 Å². The highest BCUT2D eigenvalue weighted by Crippen LogP contribution is 2.19. The molecule has 0 aromatic carbocycles. The van der Waals surface area contributed by atoms with Crippen molar-refractivity contribution in [2.75, 3.05) is 19.0 Å². The van der Waals surface area contributed by atoms with Crippen LogP contribution >= 0.6 is 11.6 Å². The fraction of sp³-hybridized carbons (Fsp3) is 0.500. The van der Waals surface area contributed by atoms with Crippen LogP contribution in [0.5, 0.6) is 0 Å². The van der Waals surface area contributed by atoms with Crippen molar-refractivity contribution in [2.24, 2.45) is 11.8 Å². The van der Waals surface area contributed by atoms with Crippen molar-refractivity contribution in [2.45, 2.75) is 20.3 Å². The van der Waals surface area contributed by atoms with E-state index in [1.54, 1.807) is 18.0 Å². The van der Waals surface area contributed by atoms with Crippen molar-refractivity contribution in [3.05, 3.63) is 22.8 Å². The number of carbonyl (C=O) groups is 1. The minimum atomic E-state index is -0.0896. The van der Waals surface area contributed by atoms with Crippen molar-refractivity contribution in [1.82, 2.24) is 9.88 Å². The van der Waals surface area contributed by atoms with Gasteiger partial charge in [-0.05, 0) is 12.0 Å². The number of nitrogens with zero attached hydrogens (tertiary/aromatic N) is 2. The monoisotopic (exact) mass is 270 g/mol. The number of rotatable bonds is 5. The van der Waals surface area contributed by atoms with Crippen molar-refractivity contribution in [1.29, 1.82) is 0 Å². The Morgan fingerprint density at radius 1 is 1.67 bits per heavy atom. The molecule has 3 N–H and O–H groups in total. The van der Waals surface area contributed by atoms with Crippen LogP contribution in [0.3, 0.4) is 0 Å². The number of amides is 1. The Labute approximate surface area is 112 Å². The molecular weight excluding hydrogens is 252 g/mol. The molecule has 0 bridgehead atoms. The van der Waals surface area contributed by atoms with Crippen LogP contribution in [0.25, 0.3) is 0 Å². The molecule has 0 aliphatic rings. The fourth-order valence-corrected chi connectivity index (χ4v) is 1.78. The Balaban J connectivity index is 2.80. The molecule has 0 saturated carbocycles. The number of nitrogens with one attached hydrogen (secondary N) is 1. The molecule has 0 spiro atoms. The normalized spacial score (nSPS) is 12.1. The first-order chi connectivity index (χ1) is 8.49. The lowest BCUT2D eigenvalue weighted by Crippen LogP contribution is -2.31. The number of carbonyl (C=O) groups excluding carboxylic acids is 1. The maximum absolute atomic E-state index is 12.1. The van der Waals surface area contributed by atoms with E-state index in [2.05, 4.69) is 24.3 Å². The number of hydrazine groups is 1. The highest BCUT2D eigenvalue weighted by Gasteiger charge is 2.15. The molecule has 0 fully saturated rings. The third-order valence-electron chi connectivity index (χ3n) is 2.85. The molecule has 1 rings (SSSR count). The summed E-state index contributed by atoms with van der Waals surface area (Å²) >= 11 is 5.94. The third kappa shape index (κ3) is 3.58. The van der Waals surface area contributed by atoms with Gasteiger partial charge in [0.2, 0.25) is 0 Å². The highest BCUT2D eigenvalue weighted by molar-refractivity contribution is 6.33. The molecule has 0 radical (unpaired) electrons. The van der Waals surface area contributed by atoms with Gasteiger partial charge < -0.3 is 10.3 Å². The van der Waals surface area contributed by atoms with E-state index in [-0.39, 0.29) is 5.91 Å². The van der Waals surface area contributed by atoms with E-state index in [0.717, 1.165) is 6.42 Å². The van der Waals surface area contributed by atoms with Gasteiger partial charge in [-0.2, -0.15) is 0 Å². The molecule has 1 amide bonds. The van der Waals surface area contributed by atoms with Crippen LogP contribution in [0.2, 0.25) is 5.02 Å². The van der Waals surface area contributed by atoms with E-state index < -0.39 is 0 Å². The smallest absolute Gasteiger partial charge is 0.255 e. The summed E-state index contributed by atoms with van der Waals surface area (Å²) in [6.07, 6.45) is 2.50. The zero-order valence-electron chi connectivity index (χ0n) is 10.9. The zero-order valence-corrected chi connectivity index (χ0v) is 11.7. The number of nitrogen functional groups attached to an aromatic ring is 1. The summed E-state index contributed by atoms with van der Waals surface area (Å²) in [6.45, 7) is 4.92. The summed E-state index contributed by atoms with van der Waals surface area (Å²) in [5, 5.41) is 0.334. The van der Waals surface area contributed by atoms with Gasteiger partial charge >= 0.3 is 0 Å². The van der Waals surface area contributed by atoms with Crippen molar-refractivity contribution in [3.63, 3.8) is 0 Å². The van der Waals surface area contributed by atoms with E-state index in [0.29, 0.717) is 28.9 Å². The standard InChI is InChI=1S/C12H19ClN4O/c1-4-8(2)7-17(3)12(18)9-5-10(13)11(16-14)15-6-9/h5-6,8H,4,7,14H2,1-3H3,(H,15,16). The molecule has 0 aliphatic carbocycles. The molecular formula is C12H19ClN4O. The van der Waals surface area contributed by atoms with Gasteiger partial charge in [0.1, 0.15) is 0 Å². The Morgan fingerprint density at radius 3 is 2.83 bits per heavy atom. The zero-order chi connectivity index (χ0) is 13.7. The van der Waals surface area contributed by atoms with Gasteiger partial charge in [-0.25, -0.2) is 10.8 Å². The largest absolute Gasteiger partial charge is 0.341 e. The SMILES string of the molecule is CCC(C)CN(C)C(=O)c1cnc(NN)c(Cl)c1. The first-order valence-corrected chi connectivity index (χ1v) is 6.25. The van der Waals surface area contributed by atoms with Crippen LogP contribution in [0.1, 0.15) is 30.6 Å². The lowest BCUT2D eigenvalue weighted by Gasteiger charge is -2.20. The fourth-order valence-electron chi connectivity index (χ4n) is 1.56. The Kier molecular flexibility index (Phi) is 5.37. The summed E-state index contributed by atoms with van der Waals surface area (Å²) in [7, 11) is 1.78. The molecule has 18 heavy (non-hydrogen) atoms. The summed E-state index contributed by atoms with van der Waals surface area (Å²) in [5.41, 5.74) is 2.83. The van der Waals surface area contributed by atoms with Crippen LogP contribution in [0.15, 0.2) is 12.3 Å². The summed E-state index contributed by atoms with van der Waals surface area (Å²) in [5.74, 6) is 5.96. The molecule has 0 aliphatic heterocycles. The van der Waals surface area contributed by atoms with Crippen LogP contribution in [-0.4, -0.2) is 29.4 Å². The third-order valence-corrected chi connectivity index (χ3v) is 3.14. The lowest BCUT2D eigenvalue weighted by molar-refractivity contribution is 0.0774. The van der Waals surface area contributed by atoms with E-state index in [9.17, 15) is 4.79 Å². The Bertz CT molecular complexity index is 425. The van der Waals surface area contributed by atoms with Gasteiger partial charge in [-0.15, -0.1) is 0 Å². The first-order valence-electron chi connectivity index (χ1n) is 5.87. The topological polar surface area (TPSA) is 71.2 Å². The van der Waals surface area contributed by atoms with Crippen LogP contribution in [0.4, 0.5) is 5.82 Å². The second-order valence-corrected chi connectivity index (χ2v) is 4.81. The number of nitrogens with two attached hydrogens (primary N) is 1. The van der Waals surface area contributed by atoms with E-state index in [4.69, 9.17) is 17.4 Å². The second-order valence-electron chi connectivity index (χ2n) is 4.40. The van der Waals surface area contributed by atoms with Crippen LogP contribution in [0, 0.1) is 5.92 Å². The summed E-state index contributed by atoms with van der Waals surface area (Å²) < 4.78 is 0. The molecule has 1 atom stereocenters. The van der Waals surface area contributed by atoms with Gasteiger partial charge in [0.05, 0.1) is 10.6 Å². The predicted molar refractivity (Wildman–Crippen MR) is 73.5 cm³/mol. The Hall–Kier alpha value is -1.33. The molecule has 100 valence electrons.